The lowest BCUT2D eigenvalue weighted by molar-refractivity contribution is -0.171. The van der Waals surface area contributed by atoms with E-state index in [0.717, 1.165) is 0 Å². The molecule has 0 heterocycles. The minimum Gasteiger partial charge on any atom is -0.466 e. The Balaban J connectivity index is 4.61. The number of rotatable bonds is 15. The van der Waals surface area contributed by atoms with E-state index in [2.05, 4.69) is 6.58 Å². The lowest BCUT2D eigenvalue weighted by Gasteiger charge is -2.26. The van der Waals surface area contributed by atoms with E-state index in [0.29, 0.717) is 6.61 Å². The molecule has 0 radical (unpaired) electrons. The Hall–Kier alpha value is -1.56. The van der Waals surface area contributed by atoms with E-state index in [1.807, 2.05) is 0 Å². The predicted octanol–water partition coefficient (Wildman–Crippen LogP) is -1.47. The van der Waals surface area contributed by atoms with Crippen LogP contribution in [0.4, 0.5) is 0 Å². The average molecular weight is 394 g/mol. The van der Waals surface area contributed by atoms with E-state index in [-0.39, 0.29) is 19.8 Å². The van der Waals surface area contributed by atoms with Crippen LogP contribution in [0.2, 0.25) is 0 Å². The highest BCUT2D eigenvalue weighted by Crippen LogP contribution is 2.09. The van der Waals surface area contributed by atoms with Gasteiger partial charge in [0.15, 0.2) is 6.10 Å². The summed E-state index contributed by atoms with van der Waals surface area (Å²) >= 11 is 0. The molecule has 0 fully saturated rings. The lowest BCUT2D eigenvalue weighted by Crippen LogP contribution is -2.48. The lowest BCUT2D eigenvalue weighted by atomic mass is 10.0. The van der Waals surface area contributed by atoms with Crippen molar-refractivity contribution in [3.63, 3.8) is 0 Å². The maximum absolute atomic E-state index is 12.0. The standard InChI is InChI=1S/C17H30O10/c1-4-7-26-13(8-14(20)25-6-3)17(23)27-10-12(19)16(22)15(21)11(18)9-24-5-2/h4,11-13,15-16,18-19,21-22H,1,5-10H2,2-3H3/t11-,12-,13+,15+,16-/m1/s1. The molecule has 0 aliphatic rings. The van der Waals surface area contributed by atoms with E-state index >= 15 is 0 Å². The van der Waals surface area contributed by atoms with Crippen molar-refractivity contribution in [3.8, 4) is 0 Å². The van der Waals surface area contributed by atoms with Crippen LogP contribution in [-0.4, -0.2) is 95.9 Å². The van der Waals surface area contributed by atoms with Crippen molar-refractivity contribution in [1.82, 2.24) is 0 Å². The van der Waals surface area contributed by atoms with Gasteiger partial charge < -0.3 is 39.4 Å². The SMILES string of the molecule is C=CCO[C@@H](CC(=O)OCC)C(=O)OC[C@@H](O)[C@@H](O)[C@@H](O)[C@H](O)COCC. The highest BCUT2D eigenvalue weighted by Gasteiger charge is 2.32. The average Bonchev–Trinajstić information content (AvgIpc) is 2.65. The number of hydrogen-bond donors (Lipinski definition) is 4. The van der Waals surface area contributed by atoms with Crippen LogP contribution in [-0.2, 0) is 28.5 Å². The van der Waals surface area contributed by atoms with Gasteiger partial charge in [-0.25, -0.2) is 4.79 Å². The largest absolute Gasteiger partial charge is 0.466 e. The predicted molar refractivity (Wildman–Crippen MR) is 92.7 cm³/mol. The van der Waals surface area contributed by atoms with Crippen LogP contribution in [0.15, 0.2) is 12.7 Å². The summed E-state index contributed by atoms with van der Waals surface area (Å²) < 4.78 is 19.6. The van der Waals surface area contributed by atoms with E-state index in [1.165, 1.54) is 6.08 Å². The molecule has 0 amide bonds. The zero-order valence-electron chi connectivity index (χ0n) is 15.7. The van der Waals surface area contributed by atoms with Gasteiger partial charge in [-0.05, 0) is 13.8 Å². The zero-order chi connectivity index (χ0) is 20.8. The zero-order valence-corrected chi connectivity index (χ0v) is 15.7. The first-order chi connectivity index (χ1) is 12.8. The quantitative estimate of drug-likeness (QED) is 0.191. The molecule has 0 aromatic heterocycles. The third kappa shape index (κ3) is 10.4. The van der Waals surface area contributed by atoms with Gasteiger partial charge in [0.05, 0.1) is 26.2 Å². The summed E-state index contributed by atoms with van der Waals surface area (Å²) in [5, 5.41) is 39.1. The van der Waals surface area contributed by atoms with Crippen LogP contribution < -0.4 is 0 Å². The Bertz CT molecular complexity index is 441. The van der Waals surface area contributed by atoms with Crippen LogP contribution in [0.3, 0.4) is 0 Å². The van der Waals surface area contributed by atoms with Crippen LogP contribution in [0.5, 0.6) is 0 Å². The summed E-state index contributed by atoms with van der Waals surface area (Å²) in [6.07, 6.45) is -6.90. The van der Waals surface area contributed by atoms with Crippen molar-refractivity contribution in [3.05, 3.63) is 12.7 Å². The fourth-order valence-corrected chi connectivity index (χ4v) is 1.92. The van der Waals surface area contributed by atoms with Crippen LogP contribution in [0, 0.1) is 0 Å². The minimum atomic E-state index is -1.79. The molecule has 158 valence electrons. The number of aliphatic hydroxyl groups excluding tert-OH is 4. The fourth-order valence-electron chi connectivity index (χ4n) is 1.92. The number of hydrogen-bond acceptors (Lipinski definition) is 10. The van der Waals surface area contributed by atoms with Gasteiger partial charge in [-0.2, -0.15) is 0 Å². The second-order valence-corrected chi connectivity index (χ2v) is 5.53. The van der Waals surface area contributed by atoms with Gasteiger partial charge in [0.1, 0.15) is 31.0 Å². The second-order valence-electron chi connectivity index (χ2n) is 5.53. The van der Waals surface area contributed by atoms with Gasteiger partial charge in [-0.15, -0.1) is 6.58 Å². The monoisotopic (exact) mass is 394 g/mol. The van der Waals surface area contributed by atoms with Gasteiger partial charge in [-0.3, -0.25) is 4.79 Å². The molecule has 0 aliphatic carbocycles. The van der Waals surface area contributed by atoms with Gasteiger partial charge in [0.25, 0.3) is 0 Å². The van der Waals surface area contributed by atoms with Gasteiger partial charge in [0.2, 0.25) is 0 Å². The summed E-state index contributed by atoms with van der Waals surface area (Å²) in [6.45, 7) is 6.22. The maximum Gasteiger partial charge on any atom is 0.335 e. The highest BCUT2D eigenvalue weighted by atomic mass is 16.6. The number of carbonyl (C=O) groups is 2. The maximum atomic E-state index is 12.0. The summed E-state index contributed by atoms with van der Waals surface area (Å²) in [7, 11) is 0. The van der Waals surface area contributed by atoms with Crippen molar-refractivity contribution >= 4 is 11.9 Å². The Labute approximate surface area is 158 Å². The molecule has 4 N–H and O–H groups in total. The molecular weight excluding hydrogens is 364 g/mol. The molecule has 10 heteroatoms. The molecule has 5 atom stereocenters. The van der Waals surface area contributed by atoms with Gasteiger partial charge in [0, 0.05) is 6.61 Å². The highest BCUT2D eigenvalue weighted by molar-refractivity contribution is 5.81. The Morgan fingerprint density at radius 1 is 0.963 bits per heavy atom. The first-order valence-electron chi connectivity index (χ1n) is 8.63. The molecule has 0 bridgehead atoms. The number of carbonyl (C=O) groups excluding carboxylic acids is 2. The van der Waals surface area contributed by atoms with E-state index in [1.54, 1.807) is 13.8 Å². The molecule has 0 aliphatic heterocycles. The van der Waals surface area contributed by atoms with E-state index < -0.39 is 55.5 Å². The fraction of sp³-hybridized carbons (Fsp3) is 0.765. The molecule has 0 unspecified atom stereocenters. The molecule has 0 aromatic rings. The summed E-state index contributed by atoms with van der Waals surface area (Å²) in [4.78, 5) is 23.6. The number of ether oxygens (including phenoxy) is 4. The Kier molecular flexibility index (Phi) is 13.7. The van der Waals surface area contributed by atoms with Crippen molar-refractivity contribution in [1.29, 1.82) is 0 Å². The van der Waals surface area contributed by atoms with E-state index in [4.69, 9.17) is 18.9 Å². The normalized spacial score (nSPS) is 16.7. The molecule has 0 spiro atoms. The topological polar surface area (TPSA) is 152 Å². The summed E-state index contributed by atoms with van der Waals surface area (Å²) in [5.41, 5.74) is 0. The summed E-state index contributed by atoms with van der Waals surface area (Å²) in [6, 6.07) is 0. The van der Waals surface area contributed by atoms with Crippen molar-refractivity contribution in [2.45, 2.75) is 50.8 Å². The number of aliphatic hydroxyl groups is 4. The van der Waals surface area contributed by atoms with Crippen LogP contribution in [0.1, 0.15) is 20.3 Å². The third-order valence-electron chi connectivity index (χ3n) is 3.36. The third-order valence-corrected chi connectivity index (χ3v) is 3.36. The molecule has 0 saturated carbocycles. The van der Waals surface area contributed by atoms with Crippen molar-refractivity contribution < 1.29 is 49.0 Å². The van der Waals surface area contributed by atoms with Crippen LogP contribution in [0.25, 0.3) is 0 Å². The van der Waals surface area contributed by atoms with Gasteiger partial charge in [-0.1, -0.05) is 6.08 Å². The second kappa shape index (κ2) is 14.5. The van der Waals surface area contributed by atoms with Gasteiger partial charge >= 0.3 is 11.9 Å². The molecule has 10 nitrogen and oxygen atoms in total. The first-order valence-corrected chi connectivity index (χ1v) is 8.63. The minimum absolute atomic E-state index is 0.0211. The van der Waals surface area contributed by atoms with Crippen molar-refractivity contribution in [2.24, 2.45) is 0 Å². The molecule has 0 aromatic carbocycles. The Morgan fingerprint density at radius 3 is 2.07 bits per heavy atom. The summed E-state index contributed by atoms with van der Waals surface area (Å²) in [5.74, 6) is -1.63. The molecule has 27 heavy (non-hydrogen) atoms. The molecular formula is C17H30O10. The first kappa shape index (κ1) is 25.4. The van der Waals surface area contributed by atoms with E-state index in [9.17, 15) is 30.0 Å². The molecule has 0 saturated heterocycles. The number of esters is 2. The Morgan fingerprint density at radius 2 is 1.56 bits per heavy atom. The smallest absolute Gasteiger partial charge is 0.335 e. The molecule has 0 rings (SSSR count). The van der Waals surface area contributed by atoms with Crippen molar-refractivity contribution in [2.75, 3.05) is 33.0 Å². The van der Waals surface area contributed by atoms with Crippen LogP contribution >= 0.6 is 0 Å².